The van der Waals surface area contributed by atoms with Crippen LogP contribution in [0.2, 0.25) is 5.02 Å². The van der Waals surface area contributed by atoms with Gasteiger partial charge < -0.3 is 9.80 Å². The fourth-order valence-corrected chi connectivity index (χ4v) is 2.11. The molecule has 1 atom stereocenters. The molecule has 2 heterocycles. The van der Waals surface area contributed by atoms with E-state index in [4.69, 9.17) is 11.6 Å². The van der Waals surface area contributed by atoms with E-state index in [1.807, 2.05) is 0 Å². The van der Waals surface area contributed by atoms with Gasteiger partial charge in [0.15, 0.2) is 0 Å². The van der Waals surface area contributed by atoms with Crippen LogP contribution in [0.25, 0.3) is 0 Å². The second-order valence-corrected chi connectivity index (χ2v) is 4.60. The number of hydrogen-bond acceptors (Lipinski definition) is 4. The Morgan fingerprint density at radius 2 is 2.19 bits per heavy atom. The number of anilines is 1. The van der Waals surface area contributed by atoms with E-state index in [2.05, 4.69) is 33.7 Å². The van der Waals surface area contributed by atoms with E-state index in [9.17, 15) is 0 Å². The molecular weight excluding hydrogens is 224 g/mol. The van der Waals surface area contributed by atoms with Crippen molar-refractivity contribution in [3.63, 3.8) is 0 Å². The molecule has 1 saturated heterocycles. The van der Waals surface area contributed by atoms with Gasteiger partial charge in [0, 0.05) is 19.1 Å². The molecule has 1 fully saturated rings. The van der Waals surface area contributed by atoms with Crippen LogP contribution in [0.15, 0.2) is 12.4 Å². The number of nitrogens with zero attached hydrogens (tertiary/aromatic N) is 4. The van der Waals surface area contributed by atoms with Crippen LogP contribution in [-0.2, 0) is 0 Å². The third-order valence-corrected chi connectivity index (χ3v) is 3.37. The lowest BCUT2D eigenvalue weighted by Gasteiger charge is -2.22. The molecule has 1 aromatic heterocycles. The quantitative estimate of drug-likeness (QED) is 0.805. The molecule has 0 saturated carbocycles. The first-order valence-corrected chi connectivity index (χ1v) is 6.01. The standard InChI is InChI=1S/C11H17ClN4/c1-3-15(2)10-4-5-16(8-10)11-13-6-9(12)7-14-11/h6-7,10H,3-5,8H2,1-2H3. The fourth-order valence-electron chi connectivity index (χ4n) is 2.01. The minimum atomic E-state index is 0.588. The predicted molar refractivity (Wildman–Crippen MR) is 66.0 cm³/mol. The second kappa shape index (κ2) is 4.97. The number of halogens is 1. The SMILES string of the molecule is CCN(C)C1CCN(c2ncc(Cl)cn2)C1. The van der Waals surface area contributed by atoms with Crippen LogP contribution in [0.1, 0.15) is 13.3 Å². The van der Waals surface area contributed by atoms with E-state index in [0.717, 1.165) is 25.6 Å². The van der Waals surface area contributed by atoms with Gasteiger partial charge >= 0.3 is 0 Å². The van der Waals surface area contributed by atoms with Crippen LogP contribution < -0.4 is 4.90 Å². The summed E-state index contributed by atoms with van der Waals surface area (Å²) in [6.07, 6.45) is 4.48. The molecule has 16 heavy (non-hydrogen) atoms. The molecule has 0 radical (unpaired) electrons. The Bertz CT molecular complexity index is 340. The molecular formula is C11H17ClN4. The average Bonchev–Trinajstić information content (AvgIpc) is 2.78. The summed E-state index contributed by atoms with van der Waals surface area (Å²) in [7, 11) is 2.16. The minimum Gasteiger partial charge on any atom is -0.339 e. The Balaban J connectivity index is 2.00. The van der Waals surface area contributed by atoms with Gasteiger partial charge in [-0.2, -0.15) is 0 Å². The number of likely N-dealkylation sites (N-methyl/N-ethyl adjacent to an activating group) is 1. The summed E-state index contributed by atoms with van der Waals surface area (Å²) in [4.78, 5) is 13.1. The summed E-state index contributed by atoms with van der Waals surface area (Å²) in [5.74, 6) is 0.788. The van der Waals surface area contributed by atoms with Gasteiger partial charge in [-0.1, -0.05) is 18.5 Å². The van der Waals surface area contributed by atoms with E-state index in [1.165, 1.54) is 6.42 Å². The van der Waals surface area contributed by atoms with Crippen LogP contribution in [0.5, 0.6) is 0 Å². The van der Waals surface area contributed by atoms with Gasteiger partial charge in [-0.3, -0.25) is 0 Å². The smallest absolute Gasteiger partial charge is 0.225 e. The summed E-state index contributed by atoms with van der Waals surface area (Å²) in [6, 6.07) is 0.615. The topological polar surface area (TPSA) is 32.3 Å². The molecule has 0 spiro atoms. The Kier molecular flexibility index (Phi) is 3.61. The first-order valence-electron chi connectivity index (χ1n) is 5.63. The van der Waals surface area contributed by atoms with Crippen molar-refractivity contribution < 1.29 is 0 Å². The van der Waals surface area contributed by atoms with Crippen molar-refractivity contribution in [2.45, 2.75) is 19.4 Å². The maximum atomic E-state index is 5.77. The van der Waals surface area contributed by atoms with Crippen molar-refractivity contribution in [1.29, 1.82) is 0 Å². The van der Waals surface area contributed by atoms with Gasteiger partial charge in [-0.15, -0.1) is 0 Å². The third kappa shape index (κ3) is 2.44. The van der Waals surface area contributed by atoms with Crippen LogP contribution in [0.3, 0.4) is 0 Å². The third-order valence-electron chi connectivity index (χ3n) is 3.18. The second-order valence-electron chi connectivity index (χ2n) is 4.16. The van der Waals surface area contributed by atoms with Crippen molar-refractivity contribution >= 4 is 17.5 Å². The molecule has 0 N–H and O–H groups in total. The van der Waals surface area contributed by atoms with Crippen molar-refractivity contribution in [3.05, 3.63) is 17.4 Å². The molecule has 88 valence electrons. The molecule has 1 aliphatic rings. The molecule has 0 bridgehead atoms. The number of rotatable bonds is 3. The molecule has 1 aliphatic heterocycles. The van der Waals surface area contributed by atoms with Gasteiger partial charge in [-0.05, 0) is 20.0 Å². The number of hydrogen-bond donors (Lipinski definition) is 0. The van der Waals surface area contributed by atoms with Gasteiger partial charge in [0.25, 0.3) is 0 Å². The zero-order valence-corrected chi connectivity index (χ0v) is 10.5. The van der Waals surface area contributed by atoms with E-state index >= 15 is 0 Å². The molecule has 1 aromatic rings. The lowest BCUT2D eigenvalue weighted by Crippen LogP contribution is -2.34. The van der Waals surface area contributed by atoms with Crippen molar-refractivity contribution in [3.8, 4) is 0 Å². The normalized spacial score (nSPS) is 20.8. The van der Waals surface area contributed by atoms with Crippen LogP contribution in [0.4, 0.5) is 5.95 Å². The maximum Gasteiger partial charge on any atom is 0.225 e. The molecule has 0 amide bonds. The zero-order valence-electron chi connectivity index (χ0n) is 9.73. The summed E-state index contributed by atoms with van der Waals surface area (Å²) in [6.45, 7) is 5.30. The van der Waals surface area contributed by atoms with Crippen molar-refractivity contribution in [2.75, 3.05) is 31.6 Å². The Morgan fingerprint density at radius 3 is 2.81 bits per heavy atom. The highest BCUT2D eigenvalue weighted by Crippen LogP contribution is 2.19. The Hall–Kier alpha value is -0.870. The first kappa shape index (κ1) is 11.6. The maximum absolute atomic E-state index is 5.77. The average molecular weight is 241 g/mol. The van der Waals surface area contributed by atoms with Crippen LogP contribution in [-0.4, -0.2) is 47.6 Å². The van der Waals surface area contributed by atoms with E-state index < -0.39 is 0 Å². The zero-order chi connectivity index (χ0) is 11.5. The summed E-state index contributed by atoms with van der Waals surface area (Å²) in [5.41, 5.74) is 0. The molecule has 4 nitrogen and oxygen atoms in total. The number of aromatic nitrogens is 2. The highest BCUT2D eigenvalue weighted by atomic mass is 35.5. The van der Waals surface area contributed by atoms with E-state index in [1.54, 1.807) is 12.4 Å². The molecule has 0 aliphatic carbocycles. The fraction of sp³-hybridized carbons (Fsp3) is 0.636. The summed E-state index contributed by atoms with van der Waals surface area (Å²) >= 11 is 5.77. The highest BCUT2D eigenvalue weighted by molar-refractivity contribution is 6.30. The first-order chi connectivity index (χ1) is 7.70. The van der Waals surface area contributed by atoms with Gasteiger partial charge in [0.1, 0.15) is 0 Å². The largest absolute Gasteiger partial charge is 0.339 e. The van der Waals surface area contributed by atoms with Crippen molar-refractivity contribution in [1.82, 2.24) is 14.9 Å². The Morgan fingerprint density at radius 1 is 1.50 bits per heavy atom. The Labute approximate surface area is 101 Å². The van der Waals surface area contributed by atoms with Gasteiger partial charge in [0.05, 0.1) is 17.4 Å². The minimum absolute atomic E-state index is 0.588. The van der Waals surface area contributed by atoms with E-state index in [-0.39, 0.29) is 0 Å². The lowest BCUT2D eigenvalue weighted by atomic mass is 10.2. The van der Waals surface area contributed by atoms with Crippen molar-refractivity contribution in [2.24, 2.45) is 0 Å². The van der Waals surface area contributed by atoms with E-state index in [0.29, 0.717) is 11.1 Å². The molecule has 2 rings (SSSR count). The molecule has 0 aromatic carbocycles. The molecule has 5 heteroatoms. The van der Waals surface area contributed by atoms with Crippen LogP contribution >= 0.6 is 11.6 Å². The highest BCUT2D eigenvalue weighted by Gasteiger charge is 2.26. The molecule has 1 unspecified atom stereocenters. The summed E-state index contributed by atoms with van der Waals surface area (Å²) in [5, 5.41) is 0.588. The lowest BCUT2D eigenvalue weighted by molar-refractivity contribution is 0.272. The monoisotopic (exact) mass is 240 g/mol. The predicted octanol–water partition coefficient (Wildman–Crippen LogP) is 1.66. The summed E-state index contributed by atoms with van der Waals surface area (Å²) < 4.78 is 0. The van der Waals surface area contributed by atoms with Crippen LogP contribution in [0, 0.1) is 0 Å². The van der Waals surface area contributed by atoms with Gasteiger partial charge in [0.2, 0.25) is 5.95 Å². The van der Waals surface area contributed by atoms with Gasteiger partial charge in [-0.25, -0.2) is 9.97 Å².